The quantitative estimate of drug-likeness (QED) is 0.470. The molecular weight excluding hydrogens is 322 g/mol. The van der Waals surface area contributed by atoms with E-state index in [1.54, 1.807) is 0 Å². The number of nitrogen functional groups attached to an aromatic ring is 1. The lowest BCUT2D eigenvalue weighted by atomic mass is 10.1. The Labute approximate surface area is 123 Å². The average molecular weight is 334 g/mol. The molecule has 0 bridgehead atoms. The molecule has 0 amide bonds. The standard InChI is InChI=1S/C10H12FN4O6P/c1-2-10(15-8(16)14-7(12)5-13-15)4-3-9(11,21-10)6-20-22(17,18)19/h1,5H,3-4,6H2,(H2,12,14,16)(H2,17,18,19)/t9-,10+/m0/s1. The first-order valence-electron chi connectivity index (χ1n) is 5.88. The number of alkyl halides is 1. The molecule has 0 radical (unpaired) electrons. The van der Waals surface area contributed by atoms with E-state index in [1.807, 2.05) is 0 Å². The zero-order chi connectivity index (χ0) is 16.6. The first kappa shape index (κ1) is 16.5. The minimum atomic E-state index is -4.88. The van der Waals surface area contributed by atoms with Crippen LogP contribution < -0.4 is 11.4 Å². The van der Waals surface area contributed by atoms with Gasteiger partial charge in [0.1, 0.15) is 12.4 Å². The second-order valence-corrected chi connectivity index (χ2v) is 5.79. The molecule has 120 valence electrons. The highest BCUT2D eigenvalue weighted by Crippen LogP contribution is 2.44. The van der Waals surface area contributed by atoms with E-state index in [0.29, 0.717) is 4.68 Å². The van der Waals surface area contributed by atoms with E-state index in [4.69, 9.17) is 26.7 Å². The predicted octanol–water partition coefficient (Wildman–Crippen LogP) is -0.908. The van der Waals surface area contributed by atoms with Gasteiger partial charge in [0.05, 0.1) is 6.20 Å². The van der Waals surface area contributed by atoms with Crippen LogP contribution in [-0.4, -0.2) is 37.0 Å². The highest BCUT2D eigenvalue weighted by Gasteiger charge is 2.52. The summed E-state index contributed by atoms with van der Waals surface area (Å²) in [5.74, 6) is -0.623. The maximum Gasteiger partial charge on any atom is 0.469 e. The van der Waals surface area contributed by atoms with Gasteiger partial charge in [0.15, 0.2) is 0 Å². The van der Waals surface area contributed by atoms with Crippen LogP contribution >= 0.6 is 7.82 Å². The van der Waals surface area contributed by atoms with Crippen molar-refractivity contribution in [3.63, 3.8) is 0 Å². The van der Waals surface area contributed by atoms with Crippen LogP contribution in [0.25, 0.3) is 0 Å². The Bertz CT molecular complexity index is 729. The van der Waals surface area contributed by atoms with Gasteiger partial charge in [-0.15, -0.1) is 6.42 Å². The van der Waals surface area contributed by atoms with Gasteiger partial charge >= 0.3 is 13.5 Å². The van der Waals surface area contributed by atoms with Crippen molar-refractivity contribution >= 4 is 13.6 Å². The first-order valence-corrected chi connectivity index (χ1v) is 7.41. The molecule has 4 N–H and O–H groups in total. The summed E-state index contributed by atoms with van der Waals surface area (Å²) in [5.41, 5.74) is 2.47. The van der Waals surface area contributed by atoms with Gasteiger partial charge < -0.3 is 20.3 Å². The highest BCUT2D eigenvalue weighted by atomic mass is 31.2. The van der Waals surface area contributed by atoms with E-state index >= 15 is 0 Å². The molecule has 2 atom stereocenters. The third-order valence-electron chi connectivity index (χ3n) is 2.92. The summed E-state index contributed by atoms with van der Waals surface area (Å²) in [6, 6.07) is 0. The third kappa shape index (κ3) is 3.32. The smallest absolute Gasteiger partial charge is 0.382 e. The van der Waals surface area contributed by atoms with E-state index in [-0.39, 0.29) is 18.7 Å². The molecule has 1 aromatic heterocycles. The molecular formula is C10H12FN4O6P. The number of aromatic nitrogens is 3. The van der Waals surface area contributed by atoms with Crippen molar-refractivity contribution in [2.45, 2.75) is 24.4 Å². The monoisotopic (exact) mass is 334 g/mol. The molecule has 22 heavy (non-hydrogen) atoms. The van der Waals surface area contributed by atoms with Gasteiger partial charge in [0.25, 0.3) is 0 Å². The molecule has 12 heteroatoms. The summed E-state index contributed by atoms with van der Waals surface area (Å²) in [5, 5.41) is 3.67. The second-order valence-electron chi connectivity index (χ2n) is 4.55. The summed E-state index contributed by atoms with van der Waals surface area (Å²) in [6.07, 6.45) is 5.81. The number of halogens is 1. The molecule has 1 aliphatic rings. The van der Waals surface area contributed by atoms with Crippen LogP contribution in [0.4, 0.5) is 10.2 Å². The normalized spacial score (nSPS) is 28.5. The van der Waals surface area contributed by atoms with E-state index < -0.39 is 31.7 Å². The Balaban J connectivity index is 2.29. The molecule has 1 saturated heterocycles. The second kappa shape index (κ2) is 5.42. The van der Waals surface area contributed by atoms with Crippen LogP contribution in [0.3, 0.4) is 0 Å². The minimum absolute atomic E-state index is 0.150. The molecule has 2 rings (SSSR count). The summed E-state index contributed by atoms with van der Waals surface area (Å²) in [7, 11) is -4.88. The Morgan fingerprint density at radius 2 is 2.32 bits per heavy atom. The van der Waals surface area contributed by atoms with Gasteiger partial charge in [-0.25, -0.2) is 13.8 Å². The SMILES string of the molecule is C#C[C@]1(n2ncc(N)nc2=O)CC[C@@](F)(COP(=O)(O)O)O1. The minimum Gasteiger partial charge on any atom is -0.382 e. The predicted molar refractivity (Wildman–Crippen MR) is 69.7 cm³/mol. The summed E-state index contributed by atoms with van der Waals surface area (Å²) >= 11 is 0. The Kier molecular flexibility index (Phi) is 4.08. The molecule has 0 spiro atoms. The first-order chi connectivity index (χ1) is 10.1. The number of terminal acetylenes is 1. The van der Waals surface area contributed by atoms with E-state index in [9.17, 15) is 13.8 Å². The fourth-order valence-electron chi connectivity index (χ4n) is 1.96. The number of hydrogen-bond donors (Lipinski definition) is 3. The lowest BCUT2D eigenvalue weighted by molar-refractivity contribution is -0.204. The van der Waals surface area contributed by atoms with Gasteiger partial charge in [0.2, 0.25) is 11.6 Å². The van der Waals surface area contributed by atoms with E-state index in [1.165, 1.54) is 0 Å². The molecule has 1 aliphatic heterocycles. The number of rotatable bonds is 4. The van der Waals surface area contributed by atoms with Crippen LogP contribution in [0.5, 0.6) is 0 Å². The highest BCUT2D eigenvalue weighted by molar-refractivity contribution is 7.46. The van der Waals surface area contributed by atoms with Crippen LogP contribution in [0.15, 0.2) is 11.0 Å². The molecule has 2 heterocycles. The Morgan fingerprint density at radius 3 is 2.86 bits per heavy atom. The molecule has 10 nitrogen and oxygen atoms in total. The van der Waals surface area contributed by atoms with Crippen molar-refractivity contribution in [2.24, 2.45) is 0 Å². The molecule has 0 aliphatic carbocycles. The van der Waals surface area contributed by atoms with Gasteiger partial charge in [-0.1, -0.05) is 0 Å². The number of ether oxygens (including phenoxy) is 1. The topological polar surface area (TPSA) is 150 Å². The van der Waals surface area contributed by atoms with Crippen LogP contribution in [0, 0.1) is 12.3 Å². The largest absolute Gasteiger partial charge is 0.469 e. The number of phosphoric ester groups is 1. The van der Waals surface area contributed by atoms with Crippen LogP contribution in [0.1, 0.15) is 12.8 Å². The zero-order valence-electron chi connectivity index (χ0n) is 11.0. The third-order valence-corrected chi connectivity index (χ3v) is 3.38. The fourth-order valence-corrected chi connectivity index (χ4v) is 2.32. The Hall–Kier alpha value is -1.83. The number of hydrogen-bond acceptors (Lipinski definition) is 7. The summed E-state index contributed by atoms with van der Waals surface area (Å²) in [6.45, 7) is -1.06. The number of nitrogens with zero attached hydrogens (tertiary/aromatic N) is 3. The Morgan fingerprint density at radius 1 is 1.64 bits per heavy atom. The molecule has 1 aromatic rings. The van der Waals surface area contributed by atoms with Crippen molar-refractivity contribution in [2.75, 3.05) is 12.3 Å². The van der Waals surface area contributed by atoms with E-state index in [2.05, 4.69) is 20.5 Å². The van der Waals surface area contributed by atoms with Crippen LogP contribution in [-0.2, 0) is 19.6 Å². The van der Waals surface area contributed by atoms with Gasteiger partial charge in [-0.3, -0.25) is 4.52 Å². The molecule has 0 aromatic carbocycles. The maximum absolute atomic E-state index is 14.4. The van der Waals surface area contributed by atoms with Crippen molar-refractivity contribution in [1.82, 2.24) is 14.8 Å². The fraction of sp³-hybridized carbons (Fsp3) is 0.500. The zero-order valence-corrected chi connectivity index (χ0v) is 11.9. The van der Waals surface area contributed by atoms with E-state index in [0.717, 1.165) is 6.20 Å². The van der Waals surface area contributed by atoms with Gasteiger partial charge in [-0.2, -0.15) is 14.8 Å². The van der Waals surface area contributed by atoms with Crippen molar-refractivity contribution in [3.05, 3.63) is 16.7 Å². The number of nitrogens with two attached hydrogens (primary N) is 1. The molecule has 1 fully saturated rings. The molecule has 0 saturated carbocycles. The number of anilines is 1. The maximum atomic E-state index is 14.4. The number of phosphoric acid groups is 1. The van der Waals surface area contributed by atoms with Gasteiger partial charge in [0, 0.05) is 12.8 Å². The average Bonchev–Trinajstić information content (AvgIpc) is 2.75. The van der Waals surface area contributed by atoms with Crippen molar-refractivity contribution < 1.29 is 28.0 Å². The van der Waals surface area contributed by atoms with Crippen LogP contribution in [0.2, 0.25) is 0 Å². The lowest BCUT2D eigenvalue weighted by Crippen LogP contribution is -2.45. The van der Waals surface area contributed by atoms with Crippen molar-refractivity contribution in [3.8, 4) is 12.3 Å². The lowest BCUT2D eigenvalue weighted by Gasteiger charge is -2.26. The summed E-state index contributed by atoms with van der Waals surface area (Å²) in [4.78, 5) is 32.4. The molecule has 0 unspecified atom stereocenters. The summed E-state index contributed by atoms with van der Waals surface area (Å²) < 4.78 is 34.9. The van der Waals surface area contributed by atoms with Crippen molar-refractivity contribution in [1.29, 1.82) is 0 Å². The van der Waals surface area contributed by atoms with Gasteiger partial charge in [-0.05, 0) is 5.92 Å².